The predicted octanol–water partition coefficient (Wildman–Crippen LogP) is 3.89. The zero-order valence-corrected chi connectivity index (χ0v) is 18.1. The molecule has 1 amide bonds. The lowest BCUT2D eigenvalue weighted by atomic mass is 10.1. The molecule has 26 heavy (non-hydrogen) atoms. The van der Waals surface area contributed by atoms with Crippen molar-refractivity contribution < 1.29 is 13.2 Å². The summed E-state index contributed by atoms with van der Waals surface area (Å²) in [6.45, 7) is 5.90. The number of nitrogens with one attached hydrogen (secondary N) is 1. The molecule has 0 atom stereocenters. The maximum atomic E-state index is 13.0. The summed E-state index contributed by atoms with van der Waals surface area (Å²) in [5, 5.41) is 4.96. The van der Waals surface area contributed by atoms with Crippen molar-refractivity contribution in [2.45, 2.75) is 32.1 Å². The summed E-state index contributed by atoms with van der Waals surface area (Å²) in [6.07, 6.45) is 0.666. The van der Waals surface area contributed by atoms with Gasteiger partial charge in [-0.2, -0.15) is 4.31 Å². The van der Waals surface area contributed by atoms with Gasteiger partial charge in [0.2, 0.25) is 15.9 Å². The second-order valence-corrected chi connectivity index (χ2v) is 10.0. The van der Waals surface area contributed by atoms with E-state index in [1.54, 1.807) is 12.1 Å². The van der Waals surface area contributed by atoms with Gasteiger partial charge in [0.25, 0.3) is 0 Å². The number of halogens is 1. The molecule has 0 aliphatic heterocycles. The Kier molecular flexibility index (Phi) is 7.33. The summed E-state index contributed by atoms with van der Waals surface area (Å²) in [5.74, 6) is -0.0777. The van der Waals surface area contributed by atoms with E-state index in [9.17, 15) is 13.2 Å². The van der Waals surface area contributed by atoms with Gasteiger partial charge >= 0.3 is 0 Å². The number of aromatic nitrogens is 1. The Morgan fingerprint density at radius 3 is 2.50 bits per heavy atom. The third-order valence-electron chi connectivity index (χ3n) is 3.59. The molecular formula is C17H22BrN3O3S2. The van der Waals surface area contributed by atoms with Crippen LogP contribution >= 0.6 is 27.3 Å². The van der Waals surface area contributed by atoms with Crippen molar-refractivity contribution >= 4 is 48.3 Å². The summed E-state index contributed by atoms with van der Waals surface area (Å²) in [7, 11) is -3.76. The lowest BCUT2D eigenvalue weighted by Gasteiger charge is -2.22. The van der Waals surface area contributed by atoms with Crippen LogP contribution in [0.25, 0.3) is 0 Å². The third kappa shape index (κ3) is 5.87. The van der Waals surface area contributed by atoms with Crippen LogP contribution in [0.15, 0.2) is 39.0 Å². The van der Waals surface area contributed by atoms with Gasteiger partial charge in [0.15, 0.2) is 5.13 Å². The standard InChI is InChI=1S/C17H22BrN3O3S2/c1-12(2)8-9-21(10-16(22)20-17-19-13(3)11-25-17)26(23,24)15-6-4-14(18)5-7-15/h4-7,11-12H,8-10H2,1-3H3,(H,19,20,22). The van der Waals surface area contributed by atoms with E-state index in [-0.39, 0.29) is 18.0 Å². The molecule has 1 aromatic carbocycles. The summed E-state index contributed by atoms with van der Waals surface area (Å²) in [4.78, 5) is 16.7. The van der Waals surface area contributed by atoms with Crippen LogP contribution in [0.1, 0.15) is 26.0 Å². The van der Waals surface area contributed by atoms with Crippen molar-refractivity contribution in [3.8, 4) is 0 Å². The molecule has 2 rings (SSSR count). The van der Waals surface area contributed by atoms with E-state index in [1.165, 1.54) is 27.8 Å². The maximum absolute atomic E-state index is 13.0. The highest BCUT2D eigenvalue weighted by Gasteiger charge is 2.27. The molecule has 1 N–H and O–H groups in total. The van der Waals surface area contributed by atoms with Crippen LogP contribution in [0.5, 0.6) is 0 Å². The zero-order valence-electron chi connectivity index (χ0n) is 14.9. The lowest BCUT2D eigenvalue weighted by molar-refractivity contribution is -0.116. The molecule has 1 heterocycles. The number of nitrogens with zero attached hydrogens (tertiary/aromatic N) is 2. The van der Waals surface area contributed by atoms with Gasteiger partial charge in [0, 0.05) is 16.4 Å². The SMILES string of the molecule is Cc1csc(NC(=O)CN(CCC(C)C)S(=O)(=O)c2ccc(Br)cc2)n1. The fraction of sp³-hybridized carbons (Fsp3) is 0.412. The van der Waals surface area contributed by atoms with Gasteiger partial charge in [-0.25, -0.2) is 13.4 Å². The predicted molar refractivity (Wildman–Crippen MR) is 108 cm³/mol. The van der Waals surface area contributed by atoms with Gasteiger partial charge in [-0.1, -0.05) is 29.8 Å². The van der Waals surface area contributed by atoms with Crippen LogP contribution in [0.4, 0.5) is 5.13 Å². The highest BCUT2D eigenvalue weighted by molar-refractivity contribution is 9.10. The second-order valence-electron chi connectivity index (χ2n) is 6.32. The molecular weight excluding hydrogens is 438 g/mol. The molecule has 9 heteroatoms. The van der Waals surface area contributed by atoms with E-state index in [1.807, 2.05) is 26.2 Å². The number of rotatable bonds is 8. The van der Waals surface area contributed by atoms with Gasteiger partial charge in [-0.3, -0.25) is 4.79 Å². The number of carbonyl (C=O) groups excluding carboxylic acids is 1. The first-order chi connectivity index (χ1) is 12.2. The van der Waals surface area contributed by atoms with Gasteiger partial charge in [-0.05, 0) is 43.5 Å². The number of hydrogen-bond donors (Lipinski definition) is 1. The Balaban J connectivity index is 2.18. The molecule has 142 valence electrons. The van der Waals surface area contributed by atoms with Crippen LogP contribution < -0.4 is 5.32 Å². The number of amides is 1. The highest BCUT2D eigenvalue weighted by atomic mass is 79.9. The topological polar surface area (TPSA) is 79.4 Å². The normalized spacial score (nSPS) is 11.9. The highest BCUT2D eigenvalue weighted by Crippen LogP contribution is 2.20. The molecule has 0 aliphatic rings. The Morgan fingerprint density at radius 2 is 1.96 bits per heavy atom. The molecule has 0 saturated heterocycles. The summed E-state index contributed by atoms with van der Waals surface area (Å²) in [5.41, 5.74) is 0.810. The first-order valence-electron chi connectivity index (χ1n) is 8.16. The van der Waals surface area contributed by atoms with Crippen LogP contribution in [0.2, 0.25) is 0 Å². The average Bonchev–Trinajstić information content (AvgIpc) is 2.96. The fourth-order valence-electron chi connectivity index (χ4n) is 2.17. The van der Waals surface area contributed by atoms with E-state index in [0.29, 0.717) is 17.5 Å². The second kappa shape index (κ2) is 9.07. The van der Waals surface area contributed by atoms with Crippen molar-refractivity contribution in [2.24, 2.45) is 5.92 Å². The van der Waals surface area contributed by atoms with Gasteiger partial charge < -0.3 is 5.32 Å². The number of aryl methyl sites for hydroxylation is 1. The molecule has 0 unspecified atom stereocenters. The summed E-state index contributed by atoms with van der Waals surface area (Å²) >= 11 is 4.61. The van der Waals surface area contributed by atoms with Crippen LogP contribution in [0, 0.1) is 12.8 Å². The Labute approximate surface area is 166 Å². The van der Waals surface area contributed by atoms with Crippen LogP contribution in [0.3, 0.4) is 0 Å². The number of carbonyl (C=O) groups is 1. The molecule has 1 aromatic heterocycles. The Bertz CT molecular complexity index is 848. The molecule has 0 radical (unpaired) electrons. The smallest absolute Gasteiger partial charge is 0.243 e. The van der Waals surface area contributed by atoms with Gasteiger partial charge in [-0.15, -0.1) is 11.3 Å². The minimum absolute atomic E-state index is 0.169. The molecule has 0 fully saturated rings. The fourth-order valence-corrected chi connectivity index (χ4v) is 4.55. The Morgan fingerprint density at radius 1 is 1.31 bits per heavy atom. The lowest BCUT2D eigenvalue weighted by Crippen LogP contribution is -2.39. The van der Waals surface area contributed by atoms with E-state index in [2.05, 4.69) is 26.2 Å². The monoisotopic (exact) mass is 459 g/mol. The van der Waals surface area contributed by atoms with Crippen molar-refractivity contribution in [1.29, 1.82) is 0 Å². The Hall–Kier alpha value is -1.29. The quantitative estimate of drug-likeness (QED) is 0.648. The summed E-state index contributed by atoms with van der Waals surface area (Å²) < 4.78 is 28.0. The van der Waals surface area contributed by atoms with Gasteiger partial charge in [0.05, 0.1) is 17.1 Å². The largest absolute Gasteiger partial charge is 0.301 e. The molecule has 0 saturated carbocycles. The van der Waals surface area contributed by atoms with Crippen molar-refractivity contribution in [3.63, 3.8) is 0 Å². The van der Waals surface area contributed by atoms with E-state index in [4.69, 9.17) is 0 Å². The third-order valence-corrected chi connectivity index (χ3v) is 6.86. The van der Waals surface area contributed by atoms with E-state index in [0.717, 1.165) is 10.2 Å². The number of sulfonamides is 1. The summed E-state index contributed by atoms with van der Waals surface area (Å²) in [6, 6.07) is 6.41. The van der Waals surface area contributed by atoms with Crippen molar-refractivity contribution in [3.05, 3.63) is 39.8 Å². The zero-order chi connectivity index (χ0) is 19.3. The first-order valence-corrected chi connectivity index (χ1v) is 11.3. The maximum Gasteiger partial charge on any atom is 0.243 e. The molecule has 0 aliphatic carbocycles. The van der Waals surface area contributed by atoms with Crippen molar-refractivity contribution in [1.82, 2.24) is 9.29 Å². The molecule has 6 nitrogen and oxygen atoms in total. The molecule has 0 spiro atoms. The number of benzene rings is 1. The number of anilines is 1. The minimum Gasteiger partial charge on any atom is -0.301 e. The minimum atomic E-state index is -3.76. The van der Waals surface area contributed by atoms with Gasteiger partial charge in [0.1, 0.15) is 0 Å². The molecule has 0 bridgehead atoms. The van der Waals surface area contributed by atoms with Crippen LogP contribution in [-0.2, 0) is 14.8 Å². The average molecular weight is 460 g/mol. The molecule has 2 aromatic rings. The first kappa shape index (κ1) is 21.0. The van der Waals surface area contributed by atoms with E-state index >= 15 is 0 Å². The van der Waals surface area contributed by atoms with Crippen LogP contribution in [-0.4, -0.2) is 36.7 Å². The van der Waals surface area contributed by atoms with Crippen molar-refractivity contribution in [2.75, 3.05) is 18.4 Å². The number of hydrogen-bond acceptors (Lipinski definition) is 5. The van der Waals surface area contributed by atoms with E-state index < -0.39 is 15.9 Å². The number of thiazole rings is 1.